The molecule has 41 heavy (non-hydrogen) atoms. The van der Waals surface area contributed by atoms with Gasteiger partial charge in [-0.1, -0.05) is 79.9 Å². The Morgan fingerprint density at radius 3 is 2.10 bits per heavy atom. The van der Waals surface area contributed by atoms with Crippen molar-refractivity contribution in [3.8, 4) is 0 Å². The SMILES string of the molecule is O=C1NC[C@H](CCCCN2C[C@H](Cc3ccccc3)N(Cc3ccccc3)C(=O)C2=O)N(CC2CCCCC2)C1=O. The van der Waals surface area contributed by atoms with Crippen LogP contribution in [0.25, 0.3) is 0 Å². The minimum Gasteiger partial charge on any atom is -0.346 e. The number of nitrogens with one attached hydrogen (secondary N) is 1. The molecule has 0 spiro atoms. The van der Waals surface area contributed by atoms with Crippen LogP contribution in [0, 0.1) is 5.92 Å². The van der Waals surface area contributed by atoms with Gasteiger partial charge in [-0.05, 0) is 55.6 Å². The molecule has 3 aliphatic rings. The smallest absolute Gasteiger partial charge is 0.312 e. The summed E-state index contributed by atoms with van der Waals surface area (Å²) in [6.07, 6.45) is 8.88. The Balaban J connectivity index is 1.19. The van der Waals surface area contributed by atoms with Gasteiger partial charge in [0.1, 0.15) is 0 Å². The molecular weight excluding hydrogens is 516 g/mol. The zero-order chi connectivity index (χ0) is 28.6. The topological polar surface area (TPSA) is 90.0 Å². The van der Waals surface area contributed by atoms with Gasteiger partial charge in [-0.25, -0.2) is 0 Å². The van der Waals surface area contributed by atoms with Gasteiger partial charge >= 0.3 is 23.6 Å². The summed E-state index contributed by atoms with van der Waals surface area (Å²) in [7, 11) is 0. The first-order valence-electron chi connectivity index (χ1n) is 15.3. The lowest BCUT2D eigenvalue weighted by Crippen LogP contribution is -2.60. The van der Waals surface area contributed by atoms with Crippen LogP contribution in [0.4, 0.5) is 0 Å². The predicted molar refractivity (Wildman–Crippen MR) is 156 cm³/mol. The van der Waals surface area contributed by atoms with Crippen molar-refractivity contribution in [1.82, 2.24) is 20.0 Å². The van der Waals surface area contributed by atoms with Gasteiger partial charge in [0.25, 0.3) is 0 Å². The van der Waals surface area contributed by atoms with Crippen molar-refractivity contribution in [2.24, 2.45) is 5.92 Å². The normalized spacial score (nSPS) is 22.3. The van der Waals surface area contributed by atoms with Gasteiger partial charge in [0.2, 0.25) is 0 Å². The molecule has 2 saturated heterocycles. The van der Waals surface area contributed by atoms with Crippen molar-refractivity contribution in [2.45, 2.75) is 76.4 Å². The maximum atomic E-state index is 13.4. The second kappa shape index (κ2) is 13.8. The molecule has 4 amide bonds. The molecule has 3 fully saturated rings. The van der Waals surface area contributed by atoms with Crippen LogP contribution in [-0.4, -0.2) is 76.6 Å². The molecule has 1 saturated carbocycles. The number of piperazine rings is 2. The predicted octanol–water partition coefficient (Wildman–Crippen LogP) is 3.55. The fraction of sp³-hybridized carbons (Fsp3) is 0.515. The lowest BCUT2D eigenvalue weighted by molar-refractivity contribution is -0.159. The molecule has 2 heterocycles. The number of hydrogen-bond donors (Lipinski definition) is 1. The summed E-state index contributed by atoms with van der Waals surface area (Å²) >= 11 is 0. The van der Waals surface area contributed by atoms with E-state index in [9.17, 15) is 19.2 Å². The van der Waals surface area contributed by atoms with Crippen LogP contribution in [0.5, 0.6) is 0 Å². The van der Waals surface area contributed by atoms with E-state index in [1.807, 2.05) is 53.4 Å². The monoisotopic (exact) mass is 558 g/mol. The highest BCUT2D eigenvalue weighted by atomic mass is 16.2. The minimum absolute atomic E-state index is 0.0204. The Morgan fingerprint density at radius 1 is 0.707 bits per heavy atom. The second-order valence-electron chi connectivity index (χ2n) is 11.8. The molecule has 0 unspecified atom stereocenters. The van der Waals surface area contributed by atoms with Crippen LogP contribution in [0.15, 0.2) is 60.7 Å². The molecule has 1 N–H and O–H groups in total. The van der Waals surface area contributed by atoms with Crippen molar-refractivity contribution in [1.29, 1.82) is 0 Å². The molecular formula is C33H42N4O4. The Labute approximate surface area is 243 Å². The average molecular weight is 559 g/mol. The van der Waals surface area contributed by atoms with Crippen LogP contribution < -0.4 is 5.32 Å². The lowest BCUT2D eigenvalue weighted by atomic mass is 9.88. The molecule has 0 aromatic heterocycles. The lowest BCUT2D eigenvalue weighted by Gasteiger charge is -2.41. The first-order chi connectivity index (χ1) is 20.0. The van der Waals surface area contributed by atoms with Gasteiger partial charge in [-0.15, -0.1) is 0 Å². The fourth-order valence-corrected chi connectivity index (χ4v) is 6.61. The molecule has 2 atom stereocenters. The van der Waals surface area contributed by atoms with Crippen LogP contribution in [0.1, 0.15) is 62.5 Å². The van der Waals surface area contributed by atoms with Gasteiger partial charge in [0, 0.05) is 38.8 Å². The fourth-order valence-electron chi connectivity index (χ4n) is 6.61. The minimum atomic E-state index is -0.501. The first-order valence-corrected chi connectivity index (χ1v) is 15.3. The average Bonchev–Trinajstić information content (AvgIpc) is 3.00. The summed E-state index contributed by atoms with van der Waals surface area (Å²) < 4.78 is 0. The summed E-state index contributed by atoms with van der Waals surface area (Å²) in [5.74, 6) is -1.33. The Bertz CT molecular complexity index is 1200. The number of nitrogens with zero attached hydrogens (tertiary/aromatic N) is 3. The molecule has 0 radical (unpaired) electrons. The molecule has 2 aliphatic heterocycles. The standard InChI is InChI=1S/C33H42N4O4/c38-30-31(39)36(22-26-14-6-2-7-15-26)28(21-34-30)18-10-11-19-35-24-29(20-25-12-4-1-5-13-25)37(33(41)32(35)40)23-27-16-8-3-9-17-27/h1,3-5,8-9,12-13,16-17,26,28-29H,2,6-7,10-11,14-15,18-24H2,(H,34,38)/t28-,29-/m0/s1. The number of carbonyl (C=O) groups excluding carboxylic acids is 4. The van der Waals surface area contributed by atoms with Crippen molar-refractivity contribution < 1.29 is 19.2 Å². The Morgan fingerprint density at radius 2 is 1.39 bits per heavy atom. The van der Waals surface area contributed by atoms with Crippen LogP contribution in [0.3, 0.4) is 0 Å². The van der Waals surface area contributed by atoms with Crippen LogP contribution in [0.2, 0.25) is 0 Å². The van der Waals surface area contributed by atoms with Crippen molar-refractivity contribution >= 4 is 23.6 Å². The van der Waals surface area contributed by atoms with Crippen molar-refractivity contribution in [3.63, 3.8) is 0 Å². The number of amides is 4. The molecule has 8 nitrogen and oxygen atoms in total. The number of carbonyl (C=O) groups is 4. The zero-order valence-electron chi connectivity index (χ0n) is 23.9. The number of unbranched alkanes of at least 4 members (excludes halogenated alkanes) is 1. The molecule has 2 aromatic carbocycles. The second-order valence-corrected chi connectivity index (χ2v) is 11.8. The molecule has 218 valence electrons. The quantitative estimate of drug-likeness (QED) is 0.338. The third-order valence-corrected chi connectivity index (χ3v) is 8.90. The van der Waals surface area contributed by atoms with Gasteiger partial charge in [-0.2, -0.15) is 0 Å². The largest absolute Gasteiger partial charge is 0.346 e. The maximum Gasteiger partial charge on any atom is 0.312 e. The highest BCUT2D eigenvalue weighted by Gasteiger charge is 2.39. The number of hydrogen-bond acceptors (Lipinski definition) is 4. The van der Waals surface area contributed by atoms with E-state index >= 15 is 0 Å². The highest BCUT2D eigenvalue weighted by molar-refractivity contribution is 6.36. The van der Waals surface area contributed by atoms with Crippen LogP contribution in [-0.2, 0) is 32.1 Å². The van der Waals surface area contributed by atoms with E-state index in [4.69, 9.17) is 0 Å². The van der Waals surface area contributed by atoms with Crippen LogP contribution >= 0.6 is 0 Å². The third-order valence-electron chi connectivity index (χ3n) is 8.90. The van der Waals surface area contributed by atoms with E-state index in [0.29, 0.717) is 45.1 Å². The van der Waals surface area contributed by atoms with E-state index in [2.05, 4.69) is 17.4 Å². The molecule has 2 aromatic rings. The Hall–Kier alpha value is -3.68. The Kier molecular flexibility index (Phi) is 9.70. The zero-order valence-corrected chi connectivity index (χ0v) is 23.9. The third kappa shape index (κ3) is 7.34. The summed E-state index contributed by atoms with van der Waals surface area (Å²) in [5, 5.41) is 2.76. The first kappa shape index (κ1) is 28.8. The maximum absolute atomic E-state index is 13.4. The molecule has 5 rings (SSSR count). The van der Waals surface area contributed by atoms with Crippen molar-refractivity contribution in [3.05, 3.63) is 71.8 Å². The van der Waals surface area contributed by atoms with E-state index in [-0.39, 0.29) is 12.1 Å². The molecule has 0 bridgehead atoms. The highest BCUT2D eigenvalue weighted by Crippen LogP contribution is 2.27. The summed E-state index contributed by atoms with van der Waals surface area (Å²) in [6.45, 7) is 2.55. The summed E-state index contributed by atoms with van der Waals surface area (Å²) in [5.41, 5.74) is 2.15. The van der Waals surface area contributed by atoms with E-state index in [1.165, 1.54) is 19.3 Å². The van der Waals surface area contributed by atoms with Gasteiger partial charge in [0.05, 0.1) is 6.04 Å². The molecule has 1 aliphatic carbocycles. The van der Waals surface area contributed by atoms with E-state index in [1.54, 1.807) is 9.80 Å². The molecule has 8 heteroatoms. The van der Waals surface area contributed by atoms with Gasteiger partial charge in [-0.3, -0.25) is 19.2 Å². The van der Waals surface area contributed by atoms with Gasteiger partial charge < -0.3 is 20.0 Å². The van der Waals surface area contributed by atoms with E-state index in [0.717, 1.165) is 43.2 Å². The van der Waals surface area contributed by atoms with E-state index < -0.39 is 23.6 Å². The summed E-state index contributed by atoms with van der Waals surface area (Å²) in [4.78, 5) is 56.7. The van der Waals surface area contributed by atoms with Gasteiger partial charge in [0.15, 0.2) is 0 Å². The van der Waals surface area contributed by atoms with Crippen molar-refractivity contribution in [2.75, 3.05) is 26.2 Å². The number of benzene rings is 2. The number of rotatable bonds is 11. The summed E-state index contributed by atoms with van der Waals surface area (Å²) in [6, 6.07) is 19.8.